The Bertz CT molecular complexity index is 1400. The Morgan fingerprint density at radius 2 is 1.64 bits per heavy atom. The van der Waals surface area contributed by atoms with Crippen LogP contribution in [0.2, 0.25) is 0 Å². The number of benzene rings is 2. The SMILES string of the molecule is Cc1cc(C)cc(NS(=O)(=O)c2c(C)nc3sc4cc(C)ccc4n3c2=O)c1. The Balaban J connectivity index is 1.94. The van der Waals surface area contributed by atoms with Gasteiger partial charge in [-0.3, -0.25) is 9.52 Å². The fourth-order valence-electron chi connectivity index (χ4n) is 3.40. The maximum Gasteiger partial charge on any atom is 0.280 e. The van der Waals surface area contributed by atoms with Crippen molar-refractivity contribution in [1.29, 1.82) is 0 Å². The number of hydrogen-bond donors (Lipinski definition) is 1. The summed E-state index contributed by atoms with van der Waals surface area (Å²) in [6, 6.07) is 11.1. The number of nitrogens with zero attached hydrogens (tertiary/aromatic N) is 2. The van der Waals surface area contributed by atoms with Crippen molar-refractivity contribution in [3.63, 3.8) is 0 Å². The Hall–Kier alpha value is -2.71. The van der Waals surface area contributed by atoms with Crippen LogP contribution in [0.25, 0.3) is 15.2 Å². The van der Waals surface area contributed by atoms with Gasteiger partial charge in [0, 0.05) is 5.69 Å². The molecular weight excluding hydrogens is 394 g/mol. The van der Waals surface area contributed by atoms with E-state index in [4.69, 9.17) is 0 Å². The smallest absolute Gasteiger partial charge is 0.279 e. The normalized spacial score (nSPS) is 12.0. The molecule has 0 bridgehead atoms. The molecule has 8 heteroatoms. The van der Waals surface area contributed by atoms with E-state index in [1.807, 2.05) is 45.0 Å². The van der Waals surface area contributed by atoms with Crippen LogP contribution < -0.4 is 10.3 Å². The fourth-order valence-corrected chi connectivity index (χ4v) is 5.85. The maximum atomic E-state index is 13.2. The van der Waals surface area contributed by atoms with E-state index >= 15 is 0 Å². The molecule has 1 N–H and O–H groups in total. The molecule has 2 heterocycles. The van der Waals surface area contributed by atoms with Crippen molar-refractivity contribution in [2.75, 3.05) is 4.72 Å². The first-order valence-electron chi connectivity index (χ1n) is 8.69. The molecule has 4 rings (SSSR count). The lowest BCUT2D eigenvalue weighted by molar-refractivity contribution is 0.598. The van der Waals surface area contributed by atoms with Gasteiger partial charge in [0.2, 0.25) is 0 Å². The summed E-state index contributed by atoms with van der Waals surface area (Å²) in [7, 11) is -4.10. The van der Waals surface area contributed by atoms with Crippen LogP contribution in [0.4, 0.5) is 5.69 Å². The molecule has 0 spiro atoms. The molecule has 144 valence electrons. The first kappa shape index (κ1) is 18.6. The van der Waals surface area contributed by atoms with Crippen LogP contribution in [0.3, 0.4) is 0 Å². The van der Waals surface area contributed by atoms with Gasteiger partial charge in [-0.05, 0) is 68.7 Å². The van der Waals surface area contributed by atoms with E-state index < -0.39 is 15.6 Å². The number of rotatable bonds is 3. The molecule has 4 aromatic rings. The zero-order valence-corrected chi connectivity index (χ0v) is 17.5. The fraction of sp³-hybridized carbons (Fsp3) is 0.200. The zero-order valence-electron chi connectivity index (χ0n) is 15.9. The molecular formula is C20H19N3O3S2. The zero-order chi connectivity index (χ0) is 20.2. The van der Waals surface area contributed by atoms with Gasteiger partial charge in [0.15, 0.2) is 9.86 Å². The van der Waals surface area contributed by atoms with Crippen LogP contribution in [-0.2, 0) is 10.0 Å². The Labute approximate surface area is 166 Å². The average molecular weight is 414 g/mol. The van der Waals surface area contributed by atoms with Gasteiger partial charge in [-0.25, -0.2) is 17.8 Å². The van der Waals surface area contributed by atoms with Crippen molar-refractivity contribution in [1.82, 2.24) is 9.38 Å². The summed E-state index contributed by atoms with van der Waals surface area (Å²) >= 11 is 1.37. The Morgan fingerprint density at radius 3 is 2.32 bits per heavy atom. The lowest BCUT2D eigenvalue weighted by Crippen LogP contribution is -2.27. The number of anilines is 1. The first-order chi connectivity index (χ1) is 13.2. The van der Waals surface area contributed by atoms with E-state index in [1.165, 1.54) is 15.7 Å². The second kappa shape index (κ2) is 6.42. The summed E-state index contributed by atoms with van der Waals surface area (Å²) in [6.45, 7) is 7.29. The van der Waals surface area contributed by atoms with Gasteiger partial charge in [-0.15, -0.1) is 0 Å². The molecule has 0 saturated carbocycles. The highest BCUT2D eigenvalue weighted by molar-refractivity contribution is 7.92. The molecule has 0 fully saturated rings. The van der Waals surface area contributed by atoms with Crippen molar-refractivity contribution >= 4 is 42.2 Å². The number of thiazole rings is 1. The standard InChI is InChI=1S/C20H19N3O3S2/c1-11-5-6-16-17(10-11)27-20-21-14(4)18(19(24)23(16)20)28(25,26)22-15-8-12(2)7-13(3)9-15/h5-10,22H,1-4H3. The molecule has 0 radical (unpaired) electrons. The van der Waals surface area contributed by atoms with Crippen molar-refractivity contribution < 1.29 is 8.42 Å². The topological polar surface area (TPSA) is 80.5 Å². The Kier molecular flexibility index (Phi) is 4.28. The van der Waals surface area contributed by atoms with Gasteiger partial charge in [0.05, 0.1) is 15.9 Å². The molecule has 0 unspecified atom stereocenters. The van der Waals surface area contributed by atoms with Gasteiger partial charge in [0.25, 0.3) is 15.6 Å². The largest absolute Gasteiger partial charge is 0.280 e. The summed E-state index contributed by atoms with van der Waals surface area (Å²) in [5.74, 6) is 0. The number of aromatic nitrogens is 2. The van der Waals surface area contributed by atoms with E-state index in [2.05, 4.69) is 9.71 Å². The summed E-state index contributed by atoms with van der Waals surface area (Å²) in [6.07, 6.45) is 0. The van der Waals surface area contributed by atoms with Gasteiger partial charge in [-0.2, -0.15) is 0 Å². The molecule has 0 amide bonds. The van der Waals surface area contributed by atoms with Crippen molar-refractivity contribution in [3.8, 4) is 0 Å². The molecule has 0 aliphatic heterocycles. The quantitative estimate of drug-likeness (QED) is 0.552. The van der Waals surface area contributed by atoms with Gasteiger partial charge < -0.3 is 0 Å². The third kappa shape index (κ3) is 3.08. The number of hydrogen-bond acceptors (Lipinski definition) is 5. The summed E-state index contributed by atoms with van der Waals surface area (Å²) < 4.78 is 30.9. The van der Waals surface area contributed by atoms with Gasteiger partial charge in [0.1, 0.15) is 0 Å². The highest BCUT2D eigenvalue weighted by Gasteiger charge is 2.25. The summed E-state index contributed by atoms with van der Waals surface area (Å²) in [4.78, 5) is 17.7. The average Bonchev–Trinajstić information content (AvgIpc) is 2.89. The molecule has 0 saturated heterocycles. The number of fused-ring (bicyclic) bond motifs is 3. The van der Waals surface area contributed by atoms with Crippen LogP contribution >= 0.6 is 11.3 Å². The predicted octanol–water partition coefficient (Wildman–Crippen LogP) is 3.94. The van der Waals surface area contributed by atoms with Crippen LogP contribution in [0.5, 0.6) is 0 Å². The minimum absolute atomic E-state index is 0.185. The summed E-state index contributed by atoms with van der Waals surface area (Å²) in [5, 5.41) is 0. The third-order valence-electron chi connectivity index (χ3n) is 4.48. The molecule has 2 aromatic carbocycles. The van der Waals surface area contributed by atoms with Gasteiger partial charge >= 0.3 is 0 Å². The van der Waals surface area contributed by atoms with Crippen molar-refractivity contribution in [2.45, 2.75) is 32.6 Å². The minimum atomic E-state index is -4.10. The van der Waals surface area contributed by atoms with E-state index in [9.17, 15) is 13.2 Å². The lowest BCUT2D eigenvalue weighted by atomic mass is 10.1. The number of nitrogens with one attached hydrogen (secondary N) is 1. The molecule has 0 aliphatic rings. The third-order valence-corrected chi connectivity index (χ3v) is 7.00. The van der Waals surface area contributed by atoms with Crippen LogP contribution in [0.1, 0.15) is 22.4 Å². The molecule has 28 heavy (non-hydrogen) atoms. The molecule has 2 aromatic heterocycles. The van der Waals surface area contributed by atoms with E-state index in [-0.39, 0.29) is 10.6 Å². The second-order valence-corrected chi connectivity index (χ2v) is 9.63. The van der Waals surface area contributed by atoms with Crippen molar-refractivity contribution in [3.05, 3.63) is 69.1 Å². The maximum absolute atomic E-state index is 13.2. The highest BCUT2D eigenvalue weighted by atomic mass is 32.2. The molecule has 0 aliphatic carbocycles. The monoisotopic (exact) mass is 413 g/mol. The highest BCUT2D eigenvalue weighted by Crippen LogP contribution is 2.27. The van der Waals surface area contributed by atoms with E-state index in [1.54, 1.807) is 19.1 Å². The first-order valence-corrected chi connectivity index (χ1v) is 11.0. The van der Waals surface area contributed by atoms with Crippen LogP contribution in [0.15, 0.2) is 46.1 Å². The van der Waals surface area contributed by atoms with Crippen LogP contribution in [0, 0.1) is 27.7 Å². The van der Waals surface area contributed by atoms with Crippen LogP contribution in [-0.4, -0.2) is 17.8 Å². The minimum Gasteiger partial charge on any atom is -0.279 e. The number of sulfonamides is 1. The summed E-state index contributed by atoms with van der Waals surface area (Å²) in [5.41, 5.74) is 3.60. The molecule has 0 atom stereocenters. The van der Waals surface area contributed by atoms with E-state index in [0.29, 0.717) is 16.2 Å². The number of aryl methyl sites for hydroxylation is 4. The lowest BCUT2D eigenvalue weighted by Gasteiger charge is -2.11. The van der Waals surface area contributed by atoms with E-state index in [0.717, 1.165) is 21.4 Å². The Morgan fingerprint density at radius 1 is 0.964 bits per heavy atom. The second-order valence-electron chi connectivity index (χ2n) is 7.00. The predicted molar refractivity (Wildman–Crippen MR) is 113 cm³/mol. The van der Waals surface area contributed by atoms with Crippen molar-refractivity contribution in [2.24, 2.45) is 0 Å². The van der Waals surface area contributed by atoms with Gasteiger partial charge in [-0.1, -0.05) is 23.5 Å². The molecule has 6 nitrogen and oxygen atoms in total.